The Bertz CT molecular complexity index is 561. The maximum atomic E-state index is 14.1. The third kappa shape index (κ3) is 2.26. The molecule has 0 atom stereocenters. The minimum absolute atomic E-state index is 0.290. The van der Waals surface area contributed by atoms with Crippen molar-refractivity contribution in [1.82, 2.24) is 9.99 Å². The van der Waals surface area contributed by atoms with Crippen LogP contribution < -0.4 is 0 Å². The molecule has 0 aliphatic heterocycles. The van der Waals surface area contributed by atoms with Gasteiger partial charge in [-0.05, 0) is 18.6 Å². The summed E-state index contributed by atoms with van der Waals surface area (Å²) in [6.07, 6.45) is 3.18. The zero-order chi connectivity index (χ0) is 13.3. The van der Waals surface area contributed by atoms with Gasteiger partial charge in [-0.1, -0.05) is 6.58 Å². The number of allylic oxidation sites excluding steroid dienone is 5. The summed E-state index contributed by atoms with van der Waals surface area (Å²) >= 11 is 1.48. The van der Waals surface area contributed by atoms with Crippen molar-refractivity contribution in [3.63, 3.8) is 0 Å². The molecule has 1 heterocycles. The van der Waals surface area contributed by atoms with E-state index >= 15 is 0 Å². The third-order valence-corrected chi connectivity index (χ3v) is 3.41. The standard InChI is InChI=1S/C13H14FN3S/c1-8-9(2)12(16-17(3)4)11(14)7-10(8)13-15-5-6-18-13/h5-7H,2H2,1,3-4H3/b16-12+. The van der Waals surface area contributed by atoms with E-state index in [2.05, 4.69) is 16.7 Å². The summed E-state index contributed by atoms with van der Waals surface area (Å²) in [5, 5.41) is 8.35. The van der Waals surface area contributed by atoms with Gasteiger partial charge in [-0.25, -0.2) is 9.37 Å². The first-order chi connectivity index (χ1) is 8.50. The second-order valence-corrected chi connectivity index (χ2v) is 5.04. The Morgan fingerprint density at radius 1 is 1.44 bits per heavy atom. The smallest absolute Gasteiger partial charge is 0.151 e. The molecule has 0 aromatic carbocycles. The molecular weight excluding hydrogens is 249 g/mol. The molecule has 5 heteroatoms. The van der Waals surface area contributed by atoms with Crippen LogP contribution >= 0.6 is 11.3 Å². The molecule has 0 bridgehead atoms. The summed E-state index contributed by atoms with van der Waals surface area (Å²) in [4.78, 5) is 4.20. The minimum atomic E-state index is -0.371. The van der Waals surface area contributed by atoms with Crippen molar-refractivity contribution in [3.8, 4) is 0 Å². The maximum absolute atomic E-state index is 14.1. The van der Waals surface area contributed by atoms with Crippen molar-refractivity contribution >= 4 is 22.6 Å². The van der Waals surface area contributed by atoms with Crippen LogP contribution in [-0.4, -0.2) is 29.8 Å². The van der Waals surface area contributed by atoms with E-state index in [-0.39, 0.29) is 11.5 Å². The second-order valence-electron chi connectivity index (χ2n) is 4.14. The second kappa shape index (κ2) is 4.86. The highest BCUT2D eigenvalue weighted by molar-refractivity contribution is 7.10. The van der Waals surface area contributed by atoms with Crippen molar-refractivity contribution in [2.24, 2.45) is 5.10 Å². The van der Waals surface area contributed by atoms with Gasteiger partial charge in [0.05, 0.1) is 0 Å². The Morgan fingerprint density at radius 3 is 2.72 bits per heavy atom. The lowest BCUT2D eigenvalue weighted by molar-refractivity contribution is 0.436. The average Bonchev–Trinajstić information content (AvgIpc) is 2.82. The van der Waals surface area contributed by atoms with Gasteiger partial charge in [0.25, 0.3) is 0 Å². The molecule has 0 saturated heterocycles. The fourth-order valence-corrected chi connectivity index (χ4v) is 2.39. The van der Waals surface area contributed by atoms with Crippen LogP contribution in [0.3, 0.4) is 0 Å². The van der Waals surface area contributed by atoms with Crippen LogP contribution in [0, 0.1) is 0 Å². The maximum Gasteiger partial charge on any atom is 0.151 e. The normalized spacial score (nSPS) is 18.3. The van der Waals surface area contributed by atoms with Gasteiger partial charge in [-0.3, -0.25) is 0 Å². The van der Waals surface area contributed by atoms with Crippen LogP contribution in [0.5, 0.6) is 0 Å². The fourth-order valence-electron chi connectivity index (χ4n) is 1.67. The van der Waals surface area contributed by atoms with Gasteiger partial charge in [0.1, 0.15) is 10.7 Å². The van der Waals surface area contributed by atoms with Crippen LogP contribution in [-0.2, 0) is 0 Å². The highest BCUT2D eigenvalue weighted by Gasteiger charge is 2.23. The molecule has 1 aliphatic carbocycles. The molecule has 0 unspecified atom stereocenters. The lowest BCUT2D eigenvalue weighted by Gasteiger charge is -2.18. The molecule has 3 nitrogen and oxygen atoms in total. The predicted octanol–water partition coefficient (Wildman–Crippen LogP) is 3.26. The number of rotatable bonds is 2. The van der Waals surface area contributed by atoms with Gasteiger partial charge in [0.2, 0.25) is 0 Å². The molecule has 94 valence electrons. The molecule has 0 radical (unpaired) electrons. The van der Waals surface area contributed by atoms with Crippen LogP contribution in [0.15, 0.2) is 46.3 Å². The molecule has 0 fully saturated rings. The van der Waals surface area contributed by atoms with E-state index in [9.17, 15) is 4.39 Å². The number of aromatic nitrogens is 1. The summed E-state index contributed by atoms with van der Waals surface area (Å²) in [5.41, 5.74) is 2.59. The lowest BCUT2D eigenvalue weighted by Crippen LogP contribution is -2.15. The summed E-state index contributed by atoms with van der Waals surface area (Å²) < 4.78 is 14.1. The lowest BCUT2D eigenvalue weighted by atomic mass is 9.92. The molecular formula is C13H14FN3S. The number of hydrogen-bond acceptors (Lipinski definition) is 4. The first-order valence-corrected chi connectivity index (χ1v) is 6.32. The van der Waals surface area contributed by atoms with E-state index in [1.165, 1.54) is 17.4 Å². The molecule has 0 amide bonds. The van der Waals surface area contributed by atoms with E-state index in [4.69, 9.17) is 0 Å². The average molecular weight is 263 g/mol. The van der Waals surface area contributed by atoms with E-state index in [1.54, 1.807) is 25.3 Å². The Hall–Kier alpha value is -1.75. The number of halogens is 1. The Morgan fingerprint density at radius 2 is 2.17 bits per heavy atom. The zero-order valence-electron chi connectivity index (χ0n) is 10.6. The Balaban J connectivity index is 2.50. The van der Waals surface area contributed by atoms with E-state index in [1.807, 2.05) is 12.3 Å². The molecule has 0 spiro atoms. The van der Waals surface area contributed by atoms with Crippen molar-refractivity contribution < 1.29 is 4.39 Å². The molecule has 2 rings (SSSR count). The van der Waals surface area contributed by atoms with Crippen molar-refractivity contribution in [2.45, 2.75) is 6.92 Å². The van der Waals surface area contributed by atoms with Crippen LogP contribution in [0.4, 0.5) is 4.39 Å². The van der Waals surface area contributed by atoms with Gasteiger partial charge in [-0.2, -0.15) is 5.10 Å². The van der Waals surface area contributed by atoms with Crippen molar-refractivity contribution in [2.75, 3.05) is 14.1 Å². The Kier molecular flexibility index (Phi) is 3.43. The predicted molar refractivity (Wildman–Crippen MR) is 74.2 cm³/mol. The molecule has 0 N–H and O–H groups in total. The van der Waals surface area contributed by atoms with Crippen molar-refractivity contribution in [3.05, 3.63) is 46.2 Å². The number of thiazole rings is 1. The van der Waals surface area contributed by atoms with Gasteiger partial charge in [0.15, 0.2) is 5.83 Å². The van der Waals surface area contributed by atoms with Gasteiger partial charge in [-0.15, -0.1) is 11.3 Å². The number of nitrogens with zero attached hydrogens (tertiary/aromatic N) is 3. The zero-order valence-corrected chi connectivity index (χ0v) is 11.4. The topological polar surface area (TPSA) is 28.5 Å². The van der Waals surface area contributed by atoms with E-state index < -0.39 is 0 Å². The van der Waals surface area contributed by atoms with Crippen LogP contribution in [0.25, 0.3) is 5.57 Å². The quantitative estimate of drug-likeness (QED) is 0.766. The SMILES string of the molecule is C=C1C(C)=C(c2nccs2)C=C(F)/C1=N/N(C)C. The largest absolute Gasteiger partial charge is 0.302 e. The summed E-state index contributed by atoms with van der Waals surface area (Å²) in [5.74, 6) is -0.371. The first-order valence-electron chi connectivity index (χ1n) is 5.44. The minimum Gasteiger partial charge on any atom is -0.302 e. The van der Waals surface area contributed by atoms with Gasteiger partial charge >= 0.3 is 0 Å². The van der Waals surface area contributed by atoms with Crippen molar-refractivity contribution in [1.29, 1.82) is 0 Å². The highest BCUT2D eigenvalue weighted by atomic mass is 32.1. The van der Waals surface area contributed by atoms with Gasteiger partial charge in [0, 0.05) is 36.8 Å². The van der Waals surface area contributed by atoms with E-state index in [0.29, 0.717) is 5.57 Å². The molecule has 1 aliphatic rings. The molecule has 1 aromatic heterocycles. The molecule has 0 saturated carbocycles. The summed E-state index contributed by atoms with van der Waals surface area (Å²) in [6, 6.07) is 0. The summed E-state index contributed by atoms with van der Waals surface area (Å²) in [7, 11) is 3.51. The Labute approximate surface area is 110 Å². The van der Waals surface area contributed by atoms with E-state index in [0.717, 1.165) is 16.2 Å². The number of hydrazone groups is 1. The molecule has 1 aromatic rings. The fraction of sp³-hybridized carbons (Fsp3) is 0.231. The van der Waals surface area contributed by atoms with Crippen LogP contribution in [0.1, 0.15) is 11.9 Å². The molecule has 18 heavy (non-hydrogen) atoms. The van der Waals surface area contributed by atoms with Gasteiger partial charge < -0.3 is 5.01 Å². The third-order valence-electron chi connectivity index (χ3n) is 2.60. The first kappa shape index (κ1) is 12.7. The highest BCUT2D eigenvalue weighted by Crippen LogP contribution is 2.33. The van der Waals surface area contributed by atoms with Crippen LogP contribution in [0.2, 0.25) is 0 Å². The monoisotopic (exact) mass is 263 g/mol. The summed E-state index contributed by atoms with van der Waals surface area (Å²) in [6.45, 7) is 5.83. The number of hydrogen-bond donors (Lipinski definition) is 0.